The van der Waals surface area contributed by atoms with E-state index in [1.807, 2.05) is 60.7 Å². The highest BCUT2D eigenvalue weighted by atomic mass is 16.5. The molecule has 3 fully saturated rings. The number of benzene rings is 3. The number of piperidine rings is 3. The maximum absolute atomic E-state index is 13.6. The number of ketones is 1. The minimum atomic E-state index is -0.615. The summed E-state index contributed by atoms with van der Waals surface area (Å²) in [6.45, 7) is 2.87. The number of anilines is 1. The minimum Gasteiger partial charge on any atom is -0.493 e. The Kier molecular flexibility index (Phi) is 7.65. The number of carbonyl (C=O) groups excluding carboxylic acids is 2. The molecule has 3 aromatic carbocycles. The Morgan fingerprint density at radius 1 is 0.895 bits per heavy atom. The highest BCUT2D eigenvalue weighted by Crippen LogP contribution is 2.37. The Bertz CT molecular complexity index is 1260. The third kappa shape index (κ3) is 5.53. The van der Waals surface area contributed by atoms with Crippen molar-refractivity contribution >= 4 is 17.4 Å². The van der Waals surface area contributed by atoms with Crippen molar-refractivity contribution in [1.82, 2.24) is 0 Å². The highest BCUT2D eigenvalue weighted by Gasteiger charge is 2.49. The number of quaternary nitrogens is 1. The Hall–Kier alpha value is -3.84. The predicted molar refractivity (Wildman–Crippen MR) is 145 cm³/mol. The molecule has 7 nitrogen and oxygen atoms in total. The van der Waals surface area contributed by atoms with Gasteiger partial charge in [-0.05, 0) is 35.9 Å². The summed E-state index contributed by atoms with van der Waals surface area (Å²) in [7, 11) is 3.15. The van der Waals surface area contributed by atoms with Crippen LogP contribution in [0.25, 0.3) is 0 Å². The molecule has 3 saturated heterocycles. The summed E-state index contributed by atoms with van der Waals surface area (Å²) in [6, 6.07) is 24.1. The largest absolute Gasteiger partial charge is 0.493 e. The van der Waals surface area contributed by atoms with E-state index in [0.29, 0.717) is 40.6 Å². The molecule has 198 valence electrons. The molecule has 1 N–H and O–H groups in total. The van der Waals surface area contributed by atoms with E-state index in [2.05, 4.69) is 5.32 Å². The summed E-state index contributed by atoms with van der Waals surface area (Å²) in [6.07, 6.45) is 1.67. The predicted octanol–water partition coefficient (Wildman–Crippen LogP) is 4.89. The third-order valence-electron chi connectivity index (χ3n) is 7.95. The van der Waals surface area contributed by atoms with Gasteiger partial charge < -0.3 is 24.0 Å². The summed E-state index contributed by atoms with van der Waals surface area (Å²) in [5.41, 5.74) is 2.32. The Morgan fingerprint density at radius 2 is 1.55 bits per heavy atom. The van der Waals surface area contributed by atoms with E-state index in [1.165, 1.54) is 0 Å². The number of Topliss-reactive ketones (excluding diaryl/α,β-unsaturated/α-hetero) is 1. The average Bonchev–Trinajstić information content (AvgIpc) is 2.96. The topological polar surface area (TPSA) is 73.9 Å². The molecule has 0 radical (unpaired) electrons. The number of nitrogens with zero attached hydrogens (tertiary/aromatic N) is 1. The van der Waals surface area contributed by atoms with Gasteiger partial charge in [-0.3, -0.25) is 4.79 Å². The van der Waals surface area contributed by atoms with Crippen LogP contribution in [-0.2, 0) is 9.53 Å². The molecule has 0 spiro atoms. The monoisotopic (exact) mass is 515 g/mol. The van der Waals surface area contributed by atoms with Gasteiger partial charge in [-0.2, -0.15) is 0 Å². The van der Waals surface area contributed by atoms with Crippen molar-refractivity contribution in [1.29, 1.82) is 0 Å². The summed E-state index contributed by atoms with van der Waals surface area (Å²) >= 11 is 0. The fraction of sp³-hybridized carbons (Fsp3) is 0.355. The molecule has 0 saturated carbocycles. The van der Waals surface area contributed by atoms with Crippen LogP contribution >= 0.6 is 0 Å². The van der Waals surface area contributed by atoms with Crippen LogP contribution in [0.1, 0.15) is 34.8 Å². The molecular formula is C31H35N2O5+. The zero-order valence-electron chi connectivity index (χ0n) is 22.0. The van der Waals surface area contributed by atoms with Crippen LogP contribution in [0.2, 0.25) is 0 Å². The minimum absolute atomic E-state index is 0.0595. The molecular weight excluding hydrogens is 480 g/mol. The molecule has 6 rings (SSSR count). The van der Waals surface area contributed by atoms with Crippen molar-refractivity contribution in [3.63, 3.8) is 0 Å². The van der Waals surface area contributed by atoms with Gasteiger partial charge in [-0.15, -0.1) is 0 Å². The fourth-order valence-corrected chi connectivity index (χ4v) is 5.82. The normalized spacial score (nSPS) is 22.8. The molecule has 0 aliphatic carbocycles. The van der Waals surface area contributed by atoms with Crippen molar-refractivity contribution in [2.45, 2.75) is 25.0 Å². The van der Waals surface area contributed by atoms with Gasteiger partial charge in [0.2, 0.25) is 5.78 Å². The zero-order valence-corrected chi connectivity index (χ0v) is 22.0. The summed E-state index contributed by atoms with van der Waals surface area (Å²) in [5.74, 6) is 1.23. The van der Waals surface area contributed by atoms with Crippen LogP contribution in [0.15, 0.2) is 78.9 Å². The van der Waals surface area contributed by atoms with Crippen LogP contribution < -0.4 is 14.8 Å². The van der Waals surface area contributed by atoms with Gasteiger partial charge in [0.25, 0.3) is 0 Å². The SMILES string of the molecule is COc1ccc(C(=O)C[N+]23CCC(CC2)[C@@H](OC(=O)[C@H](Nc2ccccc2)c2ccccc2)C3)cc1OC. The second-order valence-electron chi connectivity index (χ2n) is 10.3. The lowest BCUT2D eigenvalue weighted by molar-refractivity contribution is -0.938. The number of nitrogens with one attached hydrogen (secondary N) is 1. The van der Waals surface area contributed by atoms with E-state index < -0.39 is 6.04 Å². The van der Waals surface area contributed by atoms with Gasteiger partial charge in [0.1, 0.15) is 13.1 Å². The van der Waals surface area contributed by atoms with Crippen molar-refractivity contribution in [3.05, 3.63) is 90.0 Å². The average molecular weight is 516 g/mol. The number of fused-ring (bicyclic) bond motifs is 3. The molecule has 2 atom stereocenters. The molecule has 3 heterocycles. The molecule has 0 amide bonds. The van der Waals surface area contributed by atoms with Crippen LogP contribution in [0.4, 0.5) is 5.69 Å². The fourth-order valence-electron chi connectivity index (χ4n) is 5.82. The molecule has 7 heteroatoms. The van der Waals surface area contributed by atoms with Crippen molar-refractivity contribution < 1.29 is 28.3 Å². The van der Waals surface area contributed by atoms with Gasteiger partial charge >= 0.3 is 5.97 Å². The van der Waals surface area contributed by atoms with Gasteiger partial charge in [0, 0.05) is 30.0 Å². The maximum Gasteiger partial charge on any atom is 0.333 e. The quantitative estimate of drug-likeness (QED) is 0.235. The Morgan fingerprint density at radius 3 is 2.21 bits per heavy atom. The summed E-state index contributed by atoms with van der Waals surface area (Å²) < 4.78 is 17.6. The second-order valence-corrected chi connectivity index (χ2v) is 10.3. The van der Waals surface area contributed by atoms with Crippen LogP contribution in [0.3, 0.4) is 0 Å². The number of para-hydroxylation sites is 1. The smallest absolute Gasteiger partial charge is 0.333 e. The second kappa shape index (κ2) is 11.3. The lowest BCUT2D eigenvalue weighted by Crippen LogP contribution is -2.65. The molecule has 0 aromatic heterocycles. The zero-order chi connectivity index (χ0) is 26.5. The van der Waals surface area contributed by atoms with E-state index in [4.69, 9.17) is 14.2 Å². The molecule has 0 unspecified atom stereocenters. The van der Waals surface area contributed by atoms with Crippen molar-refractivity contribution in [2.24, 2.45) is 5.92 Å². The molecule has 38 heavy (non-hydrogen) atoms. The third-order valence-corrected chi connectivity index (χ3v) is 7.95. The first-order valence-corrected chi connectivity index (χ1v) is 13.2. The van der Waals surface area contributed by atoms with Gasteiger partial charge in [0.15, 0.2) is 23.6 Å². The van der Waals surface area contributed by atoms with Crippen LogP contribution in [0.5, 0.6) is 11.5 Å². The molecule has 2 bridgehead atoms. The van der Waals surface area contributed by atoms with Crippen molar-refractivity contribution in [2.75, 3.05) is 45.7 Å². The molecule has 3 aromatic rings. The lowest BCUT2D eigenvalue weighted by atomic mass is 9.82. The van der Waals surface area contributed by atoms with Gasteiger partial charge in [0.05, 0.1) is 27.3 Å². The highest BCUT2D eigenvalue weighted by molar-refractivity contribution is 5.97. The summed E-state index contributed by atoms with van der Waals surface area (Å²) in [5, 5.41) is 3.36. The van der Waals surface area contributed by atoms with E-state index in [-0.39, 0.29) is 17.9 Å². The van der Waals surface area contributed by atoms with Crippen LogP contribution in [0, 0.1) is 5.92 Å². The lowest BCUT2D eigenvalue weighted by Gasteiger charge is -2.51. The first-order valence-electron chi connectivity index (χ1n) is 13.2. The maximum atomic E-state index is 13.6. The van der Waals surface area contributed by atoms with Gasteiger partial charge in [-0.25, -0.2) is 4.79 Å². The van der Waals surface area contributed by atoms with E-state index in [0.717, 1.165) is 37.2 Å². The number of hydrogen-bond donors (Lipinski definition) is 1. The number of ether oxygens (including phenoxy) is 3. The van der Waals surface area contributed by atoms with Crippen molar-refractivity contribution in [3.8, 4) is 11.5 Å². The number of hydrogen-bond acceptors (Lipinski definition) is 6. The number of carbonyl (C=O) groups is 2. The van der Waals surface area contributed by atoms with E-state index >= 15 is 0 Å². The first-order chi connectivity index (χ1) is 18.5. The van der Waals surface area contributed by atoms with Crippen LogP contribution in [-0.4, -0.2) is 62.7 Å². The molecule has 3 aliphatic heterocycles. The Labute approximate surface area is 223 Å². The number of methoxy groups -OCH3 is 2. The number of esters is 1. The molecule has 3 aliphatic rings. The van der Waals surface area contributed by atoms with E-state index in [1.54, 1.807) is 32.4 Å². The van der Waals surface area contributed by atoms with Gasteiger partial charge in [-0.1, -0.05) is 48.5 Å². The van der Waals surface area contributed by atoms with E-state index in [9.17, 15) is 9.59 Å². The standard InChI is InChI=1S/C31H35N2O5/c1-36-27-14-13-24(19-28(27)37-2)26(34)20-33-17-15-22(16-18-33)29(21-33)38-31(35)30(23-9-5-3-6-10-23)32-25-11-7-4-8-12-25/h3-14,19,22,29-30,32H,15-18,20-21H2,1-2H3/q+1/t22?,29-,30+,33?/m0/s1. The number of rotatable bonds is 10. The Balaban J connectivity index is 1.30. The first kappa shape index (κ1) is 25.8. The summed E-state index contributed by atoms with van der Waals surface area (Å²) in [4.78, 5) is 26.9.